The normalized spacial score (nSPS) is 14.2. The molecular formula is C23H21NO5. The third kappa shape index (κ3) is 3.38. The van der Waals surface area contributed by atoms with Gasteiger partial charge in [-0.25, -0.2) is 0 Å². The number of ketones is 2. The van der Waals surface area contributed by atoms with E-state index in [0.717, 1.165) is 27.8 Å². The van der Waals surface area contributed by atoms with Gasteiger partial charge in [0.2, 0.25) is 5.78 Å². The Morgan fingerprint density at radius 2 is 2.00 bits per heavy atom. The van der Waals surface area contributed by atoms with E-state index in [1.165, 1.54) is 6.92 Å². The van der Waals surface area contributed by atoms with Gasteiger partial charge in [0.05, 0.1) is 12.7 Å². The lowest BCUT2D eigenvalue weighted by Gasteiger charge is -2.07. The summed E-state index contributed by atoms with van der Waals surface area (Å²) < 4.78 is 18.7. The summed E-state index contributed by atoms with van der Waals surface area (Å²) in [4.78, 5) is 24.1. The van der Waals surface area contributed by atoms with E-state index in [9.17, 15) is 9.59 Å². The van der Waals surface area contributed by atoms with Crippen molar-refractivity contribution in [2.75, 3.05) is 13.7 Å². The summed E-state index contributed by atoms with van der Waals surface area (Å²) in [6.07, 6.45) is 3.70. The largest absolute Gasteiger partial charge is 0.497 e. The predicted octanol–water partition coefficient (Wildman–Crippen LogP) is 4.08. The average Bonchev–Trinajstić information content (AvgIpc) is 3.17. The van der Waals surface area contributed by atoms with E-state index in [2.05, 4.69) is 0 Å². The molecule has 0 amide bonds. The topological polar surface area (TPSA) is 66.8 Å². The molecular weight excluding hydrogens is 370 g/mol. The molecule has 29 heavy (non-hydrogen) atoms. The number of carbonyl (C=O) groups excluding carboxylic acids is 2. The van der Waals surface area contributed by atoms with Gasteiger partial charge >= 0.3 is 0 Å². The smallest absolute Gasteiger partial charge is 0.232 e. The molecule has 0 N–H and O–H groups in total. The number of ether oxygens (including phenoxy) is 3. The van der Waals surface area contributed by atoms with Gasteiger partial charge in [-0.05, 0) is 49.8 Å². The van der Waals surface area contributed by atoms with Gasteiger partial charge in [0.25, 0.3) is 0 Å². The van der Waals surface area contributed by atoms with Crippen molar-refractivity contribution in [2.45, 2.75) is 13.8 Å². The first kappa shape index (κ1) is 18.8. The fraction of sp³-hybridized carbons (Fsp3) is 0.217. The van der Waals surface area contributed by atoms with Crippen LogP contribution in [-0.2, 0) is 11.8 Å². The summed E-state index contributed by atoms with van der Waals surface area (Å²) in [7, 11) is 3.57. The Hall–Kier alpha value is -3.54. The lowest BCUT2D eigenvalue weighted by atomic mass is 10.0. The third-order valence-corrected chi connectivity index (χ3v) is 4.90. The number of aromatic nitrogens is 1. The van der Waals surface area contributed by atoms with Crippen molar-refractivity contribution in [3.05, 3.63) is 59.0 Å². The lowest BCUT2D eigenvalue weighted by Crippen LogP contribution is -2.06. The maximum Gasteiger partial charge on any atom is 0.232 e. The van der Waals surface area contributed by atoms with Gasteiger partial charge in [0, 0.05) is 35.8 Å². The molecule has 1 aliphatic rings. The summed E-state index contributed by atoms with van der Waals surface area (Å²) >= 11 is 0. The SMILES string of the molecule is COc1ccc2c(c1)c(/C=C1\Oc3cc(OCC(C)=O)cc(C)c3C1=O)cn2C. The zero-order valence-corrected chi connectivity index (χ0v) is 16.7. The molecule has 0 saturated carbocycles. The summed E-state index contributed by atoms with van der Waals surface area (Å²) in [6.45, 7) is 3.26. The molecule has 0 spiro atoms. The monoisotopic (exact) mass is 391 g/mol. The Kier molecular flexibility index (Phi) is 4.62. The summed E-state index contributed by atoms with van der Waals surface area (Å²) in [5, 5.41) is 0.967. The van der Waals surface area contributed by atoms with Gasteiger partial charge in [-0.1, -0.05) is 0 Å². The van der Waals surface area contributed by atoms with Gasteiger partial charge in [-0.2, -0.15) is 0 Å². The first-order valence-electron chi connectivity index (χ1n) is 9.21. The molecule has 6 nitrogen and oxygen atoms in total. The van der Waals surface area contributed by atoms with E-state index in [-0.39, 0.29) is 23.9 Å². The van der Waals surface area contributed by atoms with Crippen molar-refractivity contribution in [3.63, 3.8) is 0 Å². The number of methoxy groups -OCH3 is 1. The highest BCUT2D eigenvalue weighted by atomic mass is 16.5. The van der Waals surface area contributed by atoms with E-state index in [1.54, 1.807) is 25.3 Å². The summed E-state index contributed by atoms with van der Waals surface area (Å²) in [5.74, 6) is 1.69. The van der Waals surface area contributed by atoms with Crippen molar-refractivity contribution < 1.29 is 23.8 Å². The Balaban J connectivity index is 1.72. The van der Waals surface area contributed by atoms with Crippen molar-refractivity contribution >= 4 is 28.5 Å². The van der Waals surface area contributed by atoms with Crippen molar-refractivity contribution in [3.8, 4) is 17.2 Å². The van der Waals surface area contributed by atoms with Crippen LogP contribution in [0.1, 0.15) is 28.4 Å². The minimum Gasteiger partial charge on any atom is -0.497 e. The van der Waals surface area contributed by atoms with Gasteiger partial charge in [-0.15, -0.1) is 0 Å². The fourth-order valence-corrected chi connectivity index (χ4v) is 3.53. The van der Waals surface area contributed by atoms with Crippen molar-refractivity contribution in [2.24, 2.45) is 7.05 Å². The molecule has 1 aliphatic heterocycles. The van der Waals surface area contributed by atoms with E-state index in [0.29, 0.717) is 17.1 Å². The van der Waals surface area contributed by atoms with E-state index >= 15 is 0 Å². The zero-order valence-electron chi connectivity index (χ0n) is 16.7. The predicted molar refractivity (Wildman–Crippen MR) is 110 cm³/mol. The highest BCUT2D eigenvalue weighted by Gasteiger charge is 2.30. The zero-order chi connectivity index (χ0) is 20.7. The number of fused-ring (bicyclic) bond motifs is 2. The molecule has 1 aromatic heterocycles. The summed E-state index contributed by atoms with van der Waals surface area (Å²) in [6, 6.07) is 9.21. The second kappa shape index (κ2) is 7.13. The fourth-order valence-electron chi connectivity index (χ4n) is 3.53. The van der Waals surface area contributed by atoms with E-state index in [1.807, 2.05) is 42.9 Å². The van der Waals surface area contributed by atoms with Crippen molar-refractivity contribution in [1.29, 1.82) is 0 Å². The minimum atomic E-state index is -0.171. The van der Waals surface area contributed by atoms with Gasteiger partial charge < -0.3 is 18.8 Å². The number of benzene rings is 2. The van der Waals surface area contributed by atoms with Crippen LogP contribution in [0.2, 0.25) is 0 Å². The molecule has 0 aliphatic carbocycles. The van der Waals surface area contributed by atoms with Crippen LogP contribution in [0, 0.1) is 6.92 Å². The number of rotatable bonds is 5. The number of hydrogen-bond donors (Lipinski definition) is 0. The molecule has 2 heterocycles. The van der Waals surface area contributed by atoms with Gasteiger partial charge in [0.1, 0.15) is 23.9 Å². The Morgan fingerprint density at radius 1 is 1.21 bits per heavy atom. The molecule has 0 saturated heterocycles. The highest BCUT2D eigenvalue weighted by Crippen LogP contribution is 2.38. The molecule has 2 aromatic carbocycles. The average molecular weight is 391 g/mol. The molecule has 3 aromatic rings. The Morgan fingerprint density at radius 3 is 2.72 bits per heavy atom. The molecule has 148 valence electrons. The van der Waals surface area contributed by atoms with E-state index < -0.39 is 0 Å². The lowest BCUT2D eigenvalue weighted by molar-refractivity contribution is -0.118. The first-order chi connectivity index (χ1) is 13.9. The van der Waals surface area contributed by atoms with Crippen LogP contribution >= 0.6 is 0 Å². The van der Waals surface area contributed by atoms with Crippen LogP contribution < -0.4 is 14.2 Å². The van der Waals surface area contributed by atoms with Crippen LogP contribution in [0.3, 0.4) is 0 Å². The number of hydrogen-bond acceptors (Lipinski definition) is 5. The second-order valence-corrected chi connectivity index (χ2v) is 7.12. The first-order valence-corrected chi connectivity index (χ1v) is 9.21. The standard InChI is InChI=1S/C23H21NO5/c1-13-7-17(28-12-14(2)25)10-20-22(13)23(26)21(29-20)8-15-11-24(3)19-6-5-16(27-4)9-18(15)19/h5-11H,12H2,1-4H3/b21-8-. The van der Waals surface area contributed by atoms with Crippen LogP contribution in [0.5, 0.6) is 17.2 Å². The van der Waals surface area contributed by atoms with Crippen LogP contribution in [0.4, 0.5) is 0 Å². The van der Waals surface area contributed by atoms with Crippen LogP contribution in [0.15, 0.2) is 42.3 Å². The number of allylic oxidation sites excluding steroid dienone is 1. The number of aryl methyl sites for hydroxylation is 2. The maximum absolute atomic E-state index is 12.9. The third-order valence-electron chi connectivity index (χ3n) is 4.90. The molecule has 0 bridgehead atoms. The Bertz CT molecular complexity index is 1190. The number of carbonyl (C=O) groups is 2. The molecule has 0 fully saturated rings. The highest BCUT2D eigenvalue weighted by molar-refractivity contribution is 6.16. The quantitative estimate of drug-likeness (QED) is 0.613. The number of Topliss-reactive ketones (excluding diaryl/α,β-unsaturated/α-hetero) is 2. The van der Waals surface area contributed by atoms with Crippen LogP contribution in [-0.4, -0.2) is 29.9 Å². The molecule has 4 rings (SSSR count). The van der Waals surface area contributed by atoms with Gasteiger partial charge in [0.15, 0.2) is 11.5 Å². The van der Waals surface area contributed by atoms with Crippen molar-refractivity contribution in [1.82, 2.24) is 4.57 Å². The molecule has 0 radical (unpaired) electrons. The van der Waals surface area contributed by atoms with Gasteiger partial charge in [-0.3, -0.25) is 9.59 Å². The molecule has 0 unspecified atom stereocenters. The summed E-state index contributed by atoms with van der Waals surface area (Å²) in [5.41, 5.74) is 3.15. The Labute approximate surface area is 168 Å². The van der Waals surface area contributed by atoms with E-state index in [4.69, 9.17) is 14.2 Å². The number of nitrogens with zero attached hydrogens (tertiary/aromatic N) is 1. The second-order valence-electron chi connectivity index (χ2n) is 7.12. The molecule has 6 heteroatoms. The molecule has 0 atom stereocenters. The maximum atomic E-state index is 12.9. The van der Waals surface area contributed by atoms with Crippen LogP contribution in [0.25, 0.3) is 17.0 Å². The minimum absolute atomic E-state index is 0.0211.